The first-order chi connectivity index (χ1) is 8.00. The standard InChI is InChI=1S/C12H15BrN2S2/c1-12(2,7-14)5-8-6-16-11(15-8)9-3-4-10(13)17-9/h3-4,6H,5,7,14H2,1-2H3. The van der Waals surface area contributed by atoms with Crippen LogP contribution < -0.4 is 5.73 Å². The first-order valence-electron chi connectivity index (χ1n) is 5.40. The van der Waals surface area contributed by atoms with Crippen LogP contribution >= 0.6 is 38.6 Å². The van der Waals surface area contributed by atoms with E-state index in [1.807, 2.05) is 0 Å². The molecule has 0 amide bonds. The van der Waals surface area contributed by atoms with Crippen molar-refractivity contribution in [1.29, 1.82) is 0 Å². The van der Waals surface area contributed by atoms with Crippen LogP contribution in [0.2, 0.25) is 0 Å². The van der Waals surface area contributed by atoms with Gasteiger partial charge in [0.05, 0.1) is 14.4 Å². The minimum absolute atomic E-state index is 0.126. The third-order valence-corrected chi connectivity index (χ3v) is 5.23. The van der Waals surface area contributed by atoms with Crippen LogP contribution in [0.5, 0.6) is 0 Å². The molecular weight excluding hydrogens is 316 g/mol. The van der Waals surface area contributed by atoms with Gasteiger partial charge >= 0.3 is 0 Å². The van der Waals surface area contributed by atoms with Crippen molar-refractivity contribution in [2.24, 2.45) is 11.1 Å². The van der Waals surface area contributed by atoms with Gasteiger partial charge in [-0.15, -0.1) is 22.7 Å². The number of aromatic nitrogens is 1. The van der Waals surface area contributed by atoms with E-state index in [0.29, 0.717) is 6.54 Å². The molecule has 2 nitrogen and oxygen atoms in total. The van der Waals surface area contributed by atoms with Gasteiger partial charge in [0.2, 0.25) is 0 Å². The van der Waals surface area contributed by atoms with E-state index in [2.05, 4.69) is 52.3 Å². The third kappa shape index (κ3) is 3.37. The van der Waals surface area contributed by atoms with Crippen molar-refractivity contribution < 1.29 is 0 Å². The minimum atomic E-state index is 0.126. The maximum atomic E-state index is 5.75. The van der Waals surface area contributed by atoms with Crippen molar-refractivity contribution >= 4 is 38.6 Å². The molecule has 17 heavy (non-hydrogen) atoms. The van der Waals surface area contributed by atoms with Gasteiger partial charge in [-0.1, -0.05) is 13.8 Å². The molecule has 2 N–H and O–H groups in total. The molecule has 2 aromatic rings. The second-order valence-electron chi connectivity index (χ2n) is 4.79. The molecule has 5 heteroatoms. The molecule has 2 rings (SSSR count). The number of rotatable bonds is 4. The lowest BCUT2D eigenvalue weighted by molar-refractivity contribution is 0.373. The van der Waals surface area contributed by atoms with Crippen LogP contribution in [0, 0.1) is 5.41 Å². The van der Waals surface area contributed by atoms with E-state index in [1.54, 1.807) is 22.7 Å². The number of hydrogen-bond donors (Lipinski definition) is 1. The highest BCUT2D eigenvalue weighted by Gasteiger charge is 2.18. The van der Waals surface area contributed by atoms with E-state index < -0.39 is 0 Å². The maximum absolute atomic E-state index is 5.75. The Kier molecular flexibility index (Phi) is 4.02. The fourth-order valence-corrected chi connectivity index (χ4v) is 3.77. The molecule has 0 saturated carbocycles. The predicted octanol–water partition coefficient (Wildman–Crippen LogP) is 4.16. The summed E-state index contributed by atoms with van der Waals surface area (Å²) in [6.07, 6.45) is 0.937. The Morgan fingerprint density at radius 3 is 2.76 bits per heavy atom. The molecule has 2 aromatic heterocycles. The first kappa shape index (κ1) is 13.2. The smallest absolute Gasteiger partial charge is 0.133 e. The van der Waals surface area contributed by atoms with Gasteiger partial charge in [-0.3, -0.25) is 0 Å². The summed E-state index contributed by atoms with van der Waals surface area (Å²) in [5, 5.41) is 3.24. The van der Waals surface area contributed by atoms with E-state index in [-0.39, 0.29) is 5.41 Å². The van der Waals surface area contributed by atoms with Crippen LogP contribution in [-0.4, -0.2) is 11.5 Å². The summed E-state index contributed by atoms with van der Waals surface area (Å²) in [4.78, 5) is 5.90. The lowest BCUT2D eigenvalue weighted by Crippen LogP contribution is -2.26. The van der Waals surface area contributed by atoms with E-state index in [4.69, 9.17) is 5.73 Å². The lowest BCUT2D eigenvalue weighted by Gasteiger charge is -2.20. The molecule has 0 aliphatic carbocycles. The van der Waals surface area contributed by atoms with Crippen molar-refractivity contribution in [3.8, 4) is 9.88 Å². The van der Waals surface area contributed by atoms with Crippen LogP contribution in [-0.2, 0) is 6.42 Å². The number of thiazole rings is 1. The Labute approximate surface area is 118 Å². The molecule has 92 valence electrons. The molecule has 0 aromatic carbocycles. The average molecular weight is 331 g/mol. The topological polar surface area (TPSA) is 38.9 Å². The van der Waals surface area contributed by atoms with Gasteiger partial charge in [0, 0.05) is 5.38 Å². The molecule has 0 fully saturated rings. The SMILES string of the molecule is CC(C)(CN)Cc1csc(-c2ccc(Br)s2)n1. The second-order valence-corrected chi connectivity index (χ2v) is 8.11. The van der Waals surface area contributed by atoms with Crippen molar-refractivity contribution in [2.45, 2.75) is 20.3 Å². The third-order valence-electron chi connectivity index (χ3n) is 2.55. The Morgan fingerprint density at radius 2 is 2.18 bits per heavy atom. The monoisotopic (exact) mass is 330 g/mol. The Balaban J connectivity index is 2.16. The second kappa shape index (κ2) is 5.18. The molecule has 0 bridgehead atoms. The van der Waals surface area contributed by atoms with Gasteiger partial charge in [0.1, 0.15) is 5.01 Å². The molecule has 0 spiro atoms. The Hall–Kier alpha value is -0.230. The van der Waals surface area contributed by atoms with Crippen LogP contribution in [0.4, 0.5) is 0 Å². The number of nitrogens with zero attached hydrogens (tertiary/aromatic N) is 1. The summed E-state index contributed by atoms with van der Waals surface area (Å²) in [6.45, 7) is 5.03. The molecule has 2 heterocycles. The molecule has 0 saturated heterocycles. The molecule has 0 atom stereocenters. The van der Waals surface area contributed by atoms with Crippen LogP contribution in [0.1, 0.15) is 19.5 Å². The van der Waals surface area contributed by atoms with E-state index in [1.165, 1.54) is 4.88 Å². The van der Waals surface area contributed by atoms with Gasteiger partial charge in [-0.25, -0.2) is 4.98 Å². The summed E-state index contributed by atoms with van der Waals surface area (Å²) < 4.78 is 1.14. The van der Waals surface area contributed by atoms with E-state index in [0.717, 1.165) is 20.9 Å². The lowest BCUT2D eigenvalue weighted by atomic mass is 9.88. The van der Waals surface area contributed by atoms with Gasteiger partial charge in [-0.2, -0.15) is 0 Å². The normalized spacial score (nSPS) is 12.0. The summed E-state index contributed by atoms with van der Waals surface area (Å²) in [5.41, 5.74) is 7.02. The van der Waals surface area contributed by atoms with Gasteiger partial charge < -0.3 is 5.73 Å². The summed E-state index contributed by atoms with van der Waals surface area (Å²) in [7, 11) is 0. The number of nitrogens with two attached hydrogens (primary N) is 1. The largest absolute Gasteiger partial charge is 0.330 e. The predicted molar refractivity (Wildman–Crippen MR) is 79.7 cm³/mol. The highest BCUT2D eigenvalue weighted by molar-refractivity contribution is 9.11. The highest BCUT2D eigenvalue weighted by atomic mass is 79.9. The molecule has 0 unspecified atom stereocenters. The van der Waals surface area contributed by atoms with Gasteiger partial charge in [0.15, 0.2) is 0 Å². The zero-order valence-electron chi connectivity index (χ0n) is 9.87. The van der Waals surface area contributed by atoms with Gasteiger partial charge in [-0.05, 0) is 46.4 Å². The highest BCUT2D eigenvalue weighted by Crippen LogP contribution is 2.34. The van der Waals surface area contributed by atoms with Gasteiger partial charge in [0.25, 0.3) is 0 Å². The fourth-order valence-electron chi connectivity index (χ4n) is 1.49. The van der Waals surface area contributed by atoms with Crippen LogP contribution in [0.25, 0.3) is 9.88 Å². The maximum Gasteiger partial charge on any atom is 0.133 e. The molecule has 0 aliphatic rings. The number of thiophene rings is 1. The minimum Gasteiger partial charge on any atom is -0.330 e. The average Bonchev–Trinajstić information content (AvgIpc) is 2.86. The fraction of sp³-hybridized carbons (Fsp3) is 0.417. The summed E-state index contributed by atoms with van der Waals surface area (Å²) >= 11 is 6.90. The Bertz CT molecular complexity index is 502. The van der Waals surface area contributed by atoms with Crippen molar-refractivity contribution in [1.82, 2.24) is 4.98 Å². The first-order valence-corrected chi connectivity index (χ1v) is 7.89. The quantitative estimate of drug-likeness (QED) is 0.913. The van der Waals surface area contributed by atoms with Crippen molar-refractivity contribution in [3.05, 3.63) is 27.0 Å². The van der Waals surface area contributed by atoms with Crippen molar-refractivity contribution in [2.75, 3.05) is 6.54 Å². The molecule has 0 radical (unpaired) electrons. The zero-order valence-corrected chi connectivity index (χ0v) is 13.1. The summed E-state index contributed by atoms with van der Waals surface area (Å²) in [6, 6.07) is 4.16. The van der Waals surface area contributed by atoms with E-state index >= 15 is 0 Å². The zero-order chi connectivity index (χ0) is 12.5. The van der Waals surface area contributed by atoms with E-state index in [9.17, 15) is 0 Å². The van der Waals surface area contributed by atoms with Crippen molar-refractivity contribution in [3.63, 3.8) is 0 Å². The number of hydrogen-bond acceptors (Lipinski definition) is 4. The van der Waals surface area contributed by atoms with Crippen LogP contribution in [0.3, 0.4) is 0 Å². The van der Waals surface area contributed by atoms with Crippen LogP contribution in [0.15, 0.2) is 21.3 Å². The Morgan fingerprint density at radius 1 is 1.41 bits per heavy atom. The molecular formula is C12H15BrN2S2. The molecule has 0 aliphatic heterocycles. The number of halogens is 1. The summed E-state index contributed by atoms with van der Waals surface area (Å²) in [5.74, 6) is 0.